The summed E-state index contributed by atoms with van der Waals surface area (Å²) in [5, 5.41) is 4.33. The Balaban J connectivity index is 2.27. The minimum Gasteiger partial charge on any atom is -0.493 e. The molecule has 0 amide bonds. The molecule has 1 atom stereocenters. The molecule has 2 heterocycles. The zero-order valence-corrected chi connectivity index (χ0v) is 11.1. The Morgan fingerprint density at radius 1 is 1.61 bits per heavy atom. The predicted octanol–water partition coefficient (Wildman–Crippen LogP) is 0.843. The lowest BCUT2D eigenvalue weighted by molar-refractivity contribution is 0.0521. The van der Waals surface area contributed by atoms with Crippen molar-refractivity contribution in [3.8, 4) is 5.75 Å². The first-order valence-electron chi connectivity index (χ1n) is 6.45. The van der Waals surface area contributed by atoms with E-state index in [1.54, 1.807) is 13.3 Å². The van der Waals surface area contributed by atoms with Crippen LogP contribution in [0.1, 0.15) is 31.5 Å². The van der Waals surface area contributed by atoms with Crippen molar-refractivity contribution in [2.24, 2.45) is 11.8 Å². The third-order valence-electron chi connectivity index (χ3n) is 3.58. The summed E-state index contributed by atoms with van der Waals surface area (Å²) in [6.07, 6.45) is 3.77. The number of hydrogen-bond acceptors (Lipinski definition) is 5. The quantitative estimate of drug-likeness (QED) is 0.601. The lowest BCUT2D eigenvalue weighted by atomic mass is 9.90. The molecule has 0 spiro atoms. The van der Waals surface area contributed by atoms with Gasteiger partial charge in [0.15, 0.2) is 5.75 Å². The highest BCUT2D eigenvalue weighted by Gasteiger charge is 2.29. The zero-order valence-electron chi connectivity index (χ0n) is 11.1. The van der Waals surface area contributed by atoms with Crippen molar-refractivity contribution in [1.29, 1.82) is 0 Å². The Labute approximate surface area is 107 Å². The van der Waals surface area contributed by atoms with Crippen molar-refractivity contribution in [1.82, 2.24) is 15.2 Å². The molecule has 0 saturated carbocycles. The lowest BCUT2D eigenvalue weighted by Gasteiger charge is -2.30. The average Bonchev–Trinajstić information content (AvgIpc) is 2.84. The van der Waals surface area contributed by atoms with E-state index >= 15 is 0 Å². The van der Waals surface area contributed by atoms with E-state index in [1.807, 2.05) is 4.68 Å². The van der Waals surface area contributed by atoms with Crippen molar-refractivity contribution in [3.63, 3.8) is 0 Å². The molecular weight excluding hydrogens is 232 g/mol. The molecule has 0 aromatic carbocycles. The monoisotopic (exact) mass is 254 g/mol. The summed E-state index contributed by atoms with van der Waals surface area (Å²) in [5.74, 6) is 7.01. The third kappa shape index (κ3) is 2.50. The van der Waals surface area contributed by atoms with E-state index in [0.29, 0.717) is 5.92 Å². The van der Waals surface area contributed by atoms with Crippen LogP contribution in [0.5, 0.6) is 5.75 Å². The van der Waals surface area contributed by atoms with Crippen LogP contribution in [-0.4, -0.2) is 30.1 Å². The molecule has 102 valence electrons. The largest absolute Gasteiger partial charge is 0.493 e. The summed E-state index contributed by atoms with van der Waals surface area (Å²) in [6, 6.07) is 0.0614. The number of ether oxygens (including phenoxy) is 2. The first-order chi connectivity index (χ1) is 8.81. The molecular formula is C12H22N4O2. The fraction of sp³-hybridized carbons (Fsp3) is 0.750. The highest BCUT2D eigenvalue weighted by molar-refractivity contribution is 5.29. The molecule has 6 nitrogen and oxygen atoms in total. The summed E-state index contributed by atoms with van der Waals surface area (Å²) in [6.45, 7) is 4.46. The molecule has 1 saturated heterocycles. The van der Waals surface area contributed by atoms with Crippen molar-refractivity contribution < 1.29 is 9.47 Å². The van der Waals surface area contributed by atoms with Gasteiger partial charge >= 0.3 is 0 Å². The second-order valence-corrected chi connectivity index (χ2v) is 4.51. The van der Waals surface area contributed by atoms with E-state index in [1.165, 1.54) is 0 Å². The summed E-state index contributed by atoms with van der Waals surface area (Å²) in [5.41, 5.74) is 3.96. The van der Waals surface area contributed by atoms with Gasteiger partial charge in [-0.25, -0.2) is 0 Å². The Kier molecular flexibility index (Phi) is 4.57. The van der Waals surface area contributed by atoms with Crippen LogP contribution in [0.3, 0.4) is 0 Å². The van der Waals surface area contributed by atoms with E-state index in [0.717, 1.165) is 44.0 Å². The van der Waals surface area contributed by atoms with Crippen LogP contribution >= 0.6 is 0 Å². The Bertz CT molecular complexity index is 353. The second kappa shape index (κ2) is 6.17. The Morgan fingerprint density at radius 3 is 2.89 bits per heavy atom. The van der Waals surface area contributed by atoms with E-state index in [-0.39, 0.29) is 6.04 Å². The highest BCUT2D eigenvalue weighted by atomic mass is 16.5. The van der Waals surface area contributed by atoms with Crippen LogP contribution in [0.4, 0.5) is 0 Å². The minimum atomic E-state index is 0.0614. The molecule has 0 radical (unpaired) electrons. The zero-order chi connectivity index (χ0) is 13.0. The fourth-order valence-corrected chi connectivity index (χ4v) is 2.59. The molecule has 3 N–H and O–H groups in total. The van der Waals surface area contributed by atoms with Crippen LogP contribution in [-0.2, 0) is 11.3 Å². The molecule has 2 rings (SSSR count). The highest BCUT2D eigenvalue weighted by Crippen LogP contribution is 2.34. The van der Waals surface area contributed by atoms with Gasteiger partial charge in [0, 0.05) is 19.8 Å². The average molecular weight is 254 g/mol. The van der Waals surface area contributed by atoms with Gasteiger partial charge in [-0.3, -0.25) is 16.0 Å². The number of aryl methyl sites for hydroxylation is 1. The number of hydrogen-bond donors (Lipinski definition) is 2. The van der Waals surface area contributed by atoms with Crippen LogP contribution in [0, 0.1) is 5.92 Å². The van der Waals surface area contributed by atoms with Crippen LogP contribution in [0.15, 0.2) is 6.20 Å². The second-order valence-electron chi connectivity index (χ2n) is 4.51. The molecule has 1 aromatic heterocycles. The number of hydrazine groups is 1. The van der Waals surface area contributed by atoms with Crippen molar-refractivity contribution >= 4 is 0 Å². The van der Waals surface area contributed by atoms with Gasteiger partial charge in [-0.2, -0.15) is 5.10 Å². The van der Waals surface area contributed by atoms with Gasteiger partial charge in [0.2, 0.25) is 0 Å². The van der Waals surface area contributed by atoms with Crippen molar-refractivity contribution in [2.45, 2.75) is 32.4 Å². The summed E-state index contributed by atoms with van der Waals surface area (Å²) in [7, 11) is 1.66. The molecule has 0 bridgehead atoms. The number of nitrogens with zero attached hydrogens (tertiary/aromatic N) is 2. The minimum absolute atomic E-state index is 0.0614. The van der Waals surface area contributed by atoms with E-state index in [2.05, 4.69) is 17.4 Å². The van der Waals surface area contributed by atoms with Crippen molar-refractivity contribution in [2.75, 3.05) is 20.3 Å². The number of rotatable bonds is 5. The molecule has 1 unspecified atom stereocenters. The predicted molar refractivity (Wildman–Crippen MR) is 68.1 cm³/mol. The van der Waals surface area contributed by atoms with Gasteiger partial charge in [-0.15, -0.1) is 0 Å². The molecule has 18 heavy (non-hydrogen) atoms. The molecule has 1 aromatic rings. The van der Waals surface area contributed by atoms with E-state index < -0.39 is 0 Å². The summed E-state index contributed by atoms with van der Waals surface area (Å²) in [4.78, 5) is 0. The summed E-state index contributed by atoms with van der Waals surface area (Å²) < 4.78 is 12.7. The van der Waals surface area contributed by atoms with Crippen LogP contribution < -0.4 is 16.0 Å². The topological polar surface area (TPSA) is 74.3 Å². The number of methoxy groups -OCH3 is 1. The first kappa shape index (κ1) is 13.3. The molecule has 1 aliphatic rings. The summed E-state index contributed by atoms with van der Waals surface area (Å²) >= 11 is 0. The number of nitrogens with one attached hydrogen (secondary N) is 1. The molecule has 1 aliphatic heterocycles. The van der Waals surface area contributed by atoms with Gasteiger partial charge < -0.3 is 9.47 Å². The SMILES string of the molecule is CCn1ncc(OC)c1C(NN)C1CCOCC1. The number of aromatic nitrogens is 2. The van der Waals surface area contributed by atoms with Crippen LogP contribution in [0.25, 0.3) is 0 Å². The van der Waals surface area contributed by atoms with Gasteiger partial charge in [-0.1, -0.05) is 0 Å². The molecule has 6 heteroatoms. The van der Waals surface area contributed by atoms with Gasteiger partial charge in [0.1, 0.15) is 0 Å². The maximum absolute atomic E-state index is 5.75. The molecule has 1 fully saturated rings. The van der Waals surface area contributed by atoms with E-state index in [4.69, 9.17) is 15.3 Å². The maximum atomic E-state index is 5.75. The van der Waals surface area contributed by atoms with Gasteiger partial charge in [0.25, 0.3) is 0 Å². The smallest absolute Gasteiger partial charge is 0.161 e. The fourth-order valence-electron chi connectivity index (χ4n) is 2.59. The van der Waals surface area contributed by atoms with E-state index in [9.17, 15) is 0 Å². The standard InChI is InChI=1S/C12H22N4O2/c1-3-16-12(10(17-2)8-14-16)11(15-13)9-4-6-18-7-5-9/h8-9,11,15H,3-7,13H2,1-2H3. The molecule has 0 aliphatic carbocycles. The Hall–Kier alpha value is -1.11. The lowest BCUT2D eigenvalue weighted by Crippen LogP contribution is -2.37. The first-order valence-corrected chi connectivity index (χ1v) is 6.45. The Morgan fingerprint density at radius 2 is 2.33 bits per heavy atom. The maximum Gasteiger partial charge on any atom is 0.161 e. The normalized spacial score (nSPS) is 18.8. The van der Waals surface area contributed by atoms with Gasteiger partial charge in [-0.05, 0) is 25.7 Å². The van der Waals surface area contributed by atoms with Crippen molar-refractivity contribution in [3.05, 3.63) is 11.9 Å². The third-order valence-corrected chi connectivity index (χ3v) is 3.58. The van der Waals surface area contributed by atoms with Crippen LogP contribution in [0.2, 0.25) is 0 Å². The van der Waals surface area contributed by atoms with Gasteiger partial charge in [0.05, 0.1) is 25.0 Å². The number of nitrogens with two attached hydrogens (primary N) is 1.